The van der Waals surface area contributed by atoms with Gasteiger partial charge in [0.25, 0.3) is 0 Å². The molecule has 0 aromatic rings. The topological polar surface area (TPSA) is 95.9 Å². The summed E-state index contributed by atoms with van der Waals surface area (Å²) in [5.41, 5.74) is 0. The highest BCUT2D eigenvalue weighted by Gasteiger charge is 2.56. The van der Waals surface area contributed by atoms with Gasteiger partial charge in [-0.2, -0.15) is 0 Å². The van der Waals surface area contributed by atoms with Crippen LogP contribution in [0.4, 0.5) is 4.79 Å². The van der Waals surface area contributed by atoms with E-state index < -0.39 is 23.9 Å². The Labute approximate surface area is 159 Å². The number of nitrogens with zero attached hydrogens (tertiary/aromatic N) is 1. The second-order valence-corrected chi connectivity index (χ2v) is 10.4. The standard InChI is InChI=1S/C15H35NO8Si2/c1-7-19-25(20-8-2,14-12-13-16(6)15(17)18)24-26(21-9-3,22-10-4)23-11-5/h7-14H2,1-6H3,(H,17,18). The molecule has 0 aromatic carbocycles. The molecule has 0 aromatic heterocycles. The summed E-state index contributed by atoms with van der Waals surface area (Å²) in [6, 6.07) is 0.439. The highest BCUT2D eigenvalue weighted by molar-refractivity contribution is 6.72. The first-order chi connectivity index (χ1) is 12.3. The fourth-order valence-electron chi connectivity index (χ4n) is 2.30. The third-order valence-corrected chi connectivity index (χ3v) is 9.87. The van der Waals surface area contributed by atoms with Gasteiger partial charge in [-0.15, -0.1) is 0 Å². The Kier molecular flexibility index (Phi) is 13.3. The summed E-state index contributed by atoms with van der Waals surface area (Å²) in [5, 5.41) is 9.00. The van der Waals surface area contributed by atoms with Gasteiger partial charge in [-0.05, 0) is 41.0 Å². The van der Waals surface area contributed by atoms with Crippen molar-refractivity contribution in [2.45, 2.75) is 47.1 Å². The van der Waals surface area contributed by atoms with Gasteiger partial charge in [-0.3, -0.25) is 0 Å². The van der Waals surface area contributed by atoms with Crippen LogP contribution in [0.2, 0.25) is 6.04 Å². The van der Waals surface area contributed by atoms with E-state index in [1.165, 1.54) is 11.9 Å². The summed E-state index contributed by atoms with van der Waals surface area (Å²) in [6.45, 7) is 11.5. The van der Waals surface area contributed by atoms with Crippen molar-refractivity contribution in [2.24, 2.45) is 0 Å². The van der Waals surface area contributed by atoms with E-state index >= 15 is 0 Å². The second-order valence-electron chi connectivity index (χ2n) is 5.26. The largest absolute Gasteiger partial charge is 0.672 e. The molecule has 1 N–H and O–H groups in total. The van der Waals surface area contributed by atoms with Crippen molar-refractivity contribution in [3.8, 4) is 0 Å². The van der Waals surface area contributed by atoms with Crippen molar-refractivity contribution in [3.05, 3.63) is 0 Å². The summed E-state index contributed by atoms with van der Waals surface area (Å²) >= 11 is 0. The Morgan fingerprint density at radius 1 is 0.846 bits per heavy atom. The van der Waals surface area contributed by atoms with Crippen LogP contribution in [0.5, 0.6) is 0 Å². The molecule has 0 rings (SSSR count). The fourth-order valence-corrected chi connectivity index (χ4v) is 8.56. The summed E-state index contributed by atoms with van der Waals surface area (Å²) in [7, 11) is -5.08. The molecule has 0 aliphatic carbocycles. The highest BCUT2D eigenvalue weighted by Crippen LogP contribution is 2.25. The van der Waals surface area contributed by atoms with Crippen LogP contribution < -0.4 is 0 Å². The summed E-state index contributed by atoms with van der Waals surface area (Å²) in [6.07, 6.45) is -0.447. The smallest absolute Gasteiger partial charge is 0.465 e. The van der Waals surface area contributed by atoms with Crippen molar-refractivity contribution >= 4 is 23.9 Å². The number of carboxylic acid groups (broad SMARTS) is 1. The maximum absolute atomic E-state index is 11.0. The third-order valence-electron chi connectivity index (χ3n) is 3.28. The second kappa shape index (κ2) is 13.6. The molecule has 0 heterocycles. The molecular formula is C15H35NO8Si2. The van der Waals surface area contributed by atoms with Crippen LogP contribution in [0, 0.1) is 0 Å². The average molecular weight is 414 g/mol. The molecule has 0 saturated heterocycles. The van der Waals surface area contributed by atoms with Gasteiger partial charge in [-0.1, -0.05) is 0 Å². The molecule has 1 amide bonds. The van der Waals surface area contributed by atoms with Gasteiger partial charge in [0.05, 0.1) is 0 Å². The SMILES string of the molecule is CCO[Si](CCCN(C)C(=O)O)(OCC)O[Si](OCC)(OCC)OCC. The van der Waals surface area contributed by atoms with E-state index in [0.717, 1.165) is 0 Å². The van der Waals surface area contributed by atoms with Crippen molar-refractivity contribution in [1.29, 1.82) is 0 Å². The van der Waals surface area contributed by atoms with Gasteiger partial charge >= 0.3 is 23.9 Å². The van der Waals surface area contributed by atoms with E-state index in [4.69, 9.17) is 31.4 Å². The predicted octanol–water partition coefficient (Wildman–Crippen LogP) is 2.56. The first kappa shape index (κ1) is 25.5. The summed E-state index contributed by atoms with van der Waals surface area (Å²) < 4.78 is 35.4. The maximum atomic E-state index is 11.0. The Hall–Kier alpha value is -0.536. The van der Waals surface area contributed by atoms with Crippen molar-refractivity contribution in [1.82, 2.24) is 4.90 Å². The normalized spacial score (nSPS) is 12.4. The van der Waals surface area contributed by atoms with Gasteiger partial charge < -0.3 is 36.3 Å². The van der Waals surface area contributed by atoms with E-state index in [1.54, 1.807) is 0 Å². The molecule has 11 heteroatoms. The molecule has 0 fully saturated rings. The van der Waals surface area contributed by atoms with E-state index in [9.17, 15) is 4.79 Å². The van der Waals surface area contributed by atoms with Crippen LogP contribution in [0.25, 0.3) is 0 Å². The first-order valence-electron chi connectivity index (χ1n) is 9.18. The van der Waals surface area contributed by atoms with Crippen molar-refractivity contribution < 1.29 is 36.1 Å². The lowest BCUT2D eigenvalue weighted by molar-refractivity contribution is -0.0225. The Morgan fingerprint density at radius 3 is 1.62 bits per heavy atom. The van der Waals surface area contributed by atoms with E-state index in [2.05, 4.69) is 0 Å². The zero-order valence-electron chi connectivity index (χ0n) is 16.9. The Morgan fingerprint density at radius 2 is 1.27 bits per heavy atom. The van der Waals surface area contributed by atoms with Crippen molar-refractivity contribution in [2.75, 3.05) is 46.6 Å². The number of hydrogen-bond acceptors (Lipinski definition) is 7. The molecule has 0 aliphatic rings. The minimum atomic E-state index is -3.42. The fraction of sp³-hybridized carbons (Fsp3) is 0.933. The van der Waals surface area contributed by atoms with Crippen LogP contribution in [0.1, 0.15) is 41.0 Å². The van der Waals surface area contributed by atoms with E-state index in [-0.39, 0.29) is 0 Å². The molecule has 0 unspecified atom stereocenters. The molecule has 0 radical (unpaired) electrons. The summed E-state index contributed by atoms with van der Waals surface area (Å²) in [4.78, 5) is 12.2. The van der Waals surface area contributed by atoms with Crippen LogP contribution in [-0.4, -0.2) is 80.6 Å². The van der Waals surface area contributed by atoms with Gasteiger partial charge in [0.1, 0.15) is 0 Å². The van der Waals surface area contributed by atoms with Crippen LogP contribution in [-0.2, 0) is 26.2 Å². The highest BCUT2D eigenvalue weighted by atomic mass is 28.5. The van der Waals surface area contributed by atoms with Crippen molar-refractivity contribution in [3.63, 3.8) is 0 Å². The zero-order valence-corrected chi connectivity index (χ0v) is 18.9. The molecular weight excluding hydrogens is 378 g/mol. The minimum absolute atomic E-state index is 0.347. The molecule has 0 spiro atoms. The van der Waals surface area contributed by atoms with Crippen LogP contribution in [0.15, 0.2) is 0 Å². The molecule has 156 valence electrons. The monoisotopic (exact) mass is 413 g/mol. The van der Waals surface area contributed by atoms with Gasteiger partial charge in [0.2, 0.25) is 0 Å². The molecule has 0 bridgehead atoms. The number of rotatable bonds is 16. The van der Waals surface area contributed by atoms with Gasteiger partial charge in [-0.25, -0.2) is 4.79 Å². The maximum Gasteiger partial charge on any atom is 0.672 e. The molecule has 0 saturated carbocycles. The number of amides is 1. The van der Waals surface area contributed by atoms with Crippen LogP contribution in [0.3, 0.4) is 0 Å². The molecule has 26 heavy (non-hydrogen) atoms. The molecule has 0 atom stereocenters. The molecule has 0 aliphatic heterocycles. The minimum Gasteiger partial charge on any atom is -0.465 e. The van der Waals surface area contributed by atoms with Gasteiger partial charge in [0.15, 0.2) is 0 Å². The molecule has 9 nitrogen and oxygen atoms in total. The third kappa shape index (κ3) is 8.91. The summed E-state index contributed by atoms with van der Waals surface area (Å²) in [5.74, 6) is 0. The van der Waals surface area contributed by atoms with E-state index in [1.807, 2.05) is 34.6 Å². The quantitative estimate of drug-likeness (QED) is 0.386. The van der Waals surface area contributed by atoms with E-state index in [0.29, 0.717) is 52.0 Å². The van der Waals surface area contributed by atoms with Crippen LogP contribution >= 0.6 is 0 Å². The van der Waals surface area contributed by atoms with Gasteiger partial charge in [0, 0.05) is 52.7 Å². The number of carbonyl (C=O) groups is 1. The lowest BCUT2D eigenvalue weighted by Gasteiger charge is -2.36. The zero-order chi connectivity index (χ0) is 20.1. The Bertz CT molecular complexity index is 366. The number of hydrogen-bond donors (Lipinski definition) is 1. The Balaban J connectivity index is 5.40. The first-order valence-corrected chi connectivity index (χ1v) is 12.7. The average Bonchev–Trinajstić information content (AvgIpc) is 2.55. The lowest BCUT2D eigenvalue weighted by atomic mass is 10.4. The lowest BCUT2D eigenvalue weighted by Crippen LogP contribution is -2.60. The predicted molar refractivity (Wildman–Crippen MR) is 101 cm³/mol.